The minimum absolute atomic E-state index is 0.473. The van der Waals surface area contributed by atoms with Crippen LogP contribution >= 0.6 is 0 Å². The molecule has 3 nitrogen and oxygen atoms in total. The van der Waals surface area contributed by atoms with Crippen molar-refractivity contribution < 1.29 is 4.39 Å². The van der Waals surface area contributed by atoms with Gasteiger partial charge < -0.3 is 4.98 Å². The molecule has 0 radical (unpaired) electrons. The van der Waals surface area contributed by atoms with Crippen LogP contribution < -0.4 is 0 Å². The molecule has 3 rings (SSSR count). The number of rotatable bonds is 1. The molecule has 0 aromatic carbocycles. The fourth-order valence-electron chi connectivity index (χ4n) is 1.64. The summed E-state index contributed by atoms with van der Waals surface area (Å²) in [7, 11) is 0. The smallest absolute Gasteiger partial charge is 0.212 e. The molecule has 4 heteroatoms. The van der Waals surface area contributed by atoms with Crippen LogP contribution in [0.25, 0.3) is 22.2 Å². The normalized spacial score (nSPS) is 10.8. The molecule has 3 aromatic rings. The fourth-order valence-corrected chi connectivity index (χ4v) is 1.64. The van der Waals surface area contributed by atoms with E-state index in [1.807, 2.05) is 18.3 Å². The van der Waals surface area contributed by atoms with Crippen LogP contribution in [0, 0.1) is 5.95 Å². The van der Waals surface area contributed by atoms with Gasteiger partial charge in [-0.2, -0.15) is 4.39 Å². The predicted molar refractivity (Wildman–Crippen MR) is 59.3 cm³/mol. The summed E-state index contributed by atoms with van der Waals surface area (Å²) in [6, 6.07) is 6.98. The molecule has 0 bridgehead atoms. The van der Waals surface area contributed by atoms with Gasteiger partial charge in [-0.3, -0.25) is 0 Å². The van der Waals surface area contributed by atoms with Gasteiger partial charge in [-0.25, -0.2) is 9.97 Å². The number of H-pyrrole nitrogens is 1. The number of aromatic amines is 1. The van der Waals surface area contributed by atoms with Crippen molar-refractivity contribution in [2.75, 3.05) is 0 Å². The third-order valence-electron chi connectivity index (χ3n) is 2.46. The van der Waals surface area contributed by atoms with Gasteiger partial charge >= 0.3 is 0 Å². The Morgan fingerprint density at radius 2 is 1.88 bits per heavy atom. The summed E-state index contributed by atoms with van der Waals surface area (Å²) < 4.78 is 12.7. The van der Waals surface area contributed by atoms with E-state index in [4.69, 9.17) is 0 Å². The number of halogens is 1. The van der Waals surface area contributed by atoms with Crippen molar-refractivity contribution in [3.8, 4) is 11.1 Å². The van der Waals surface area contributed by atoms with Gasteiger partial charge in [-0.15, -0.1) is 0 Å². The summed E-state index contributed by atoms with van der Waals surface area (Å²) in [6.45, 7) is 0. The van der Waals surface area contributed by atoms with Gasteiger partial charge in [-0.05, 0) is 24.3 Å². The molecule has 0 spiro atoms. The second-order valence-electron chi connectivity index (χ2n) is 3.51. The maximum absolute atomic E-state index is 12.7. The number of nitrogens with one attached hydrogen (secondary N) is 1. The monoisotopic (exact) mass is 213 g/mol. The molecule has 16 heavy (non-hydrogen) atoms. The first-order valence-electron chi connectivity index (χ1n) is 4.88. The summed E-state index contributed by atoms with van der Waals surface area (Å²) in [5.41, 5.74) is 2.63. The van der Waals surface area contributed by atoms with Gasteiger partial charge in [0.2, 0.25) is 5.95 Å². The van der Waals surface area contributed by atoms with Crippen molar-refractivity contribution in [2.24, 2.45) is 0 Å². The van der Waals surface area contributed by atoms with Crippen LogP contribution in [-0.4, -0.2) is 15.0 Å². The van der Waals surface area contributed by atoms with E-state index in [2.05, 4.69) is 15.0 Å². The summed E-state index contributed by atoms with van der Waals surface area (Å²) in [6.07, 6.45) is 5.09. The number of fused-ring (bicyclic) bond motifs is 1. The first kappa shape index (κ1) is 9.03. The largest absolute Gasteiger partial charge is 0.346 e. The maximum Gasteiger partial charge on any atom is 0.212 e. The molecule has 0 unspecified atom stereocenters. The topological polar surface area (TPSA) is 41.6 Å². The molecule has 0 saturated heterocycles. The van der Waals surface area contributed by atoms with E-state index < -0.39 is 5.95 Å². The number of pyridine rings is 2. The van der Waals surface area contributed by atoms with Gasteiger partial charge in [0.05, 0.1) is 0 Å². The molecule has 0 aliphatic rings. The number of nitrogens with zero attached hydrogens (tertiary/aromatic N) is 2. The van der Waals surface area contributed by atoms with Crippen molar-refractivity contribution in [1.29, 1.82) is 0 Å². The lowest BCUT2D eigenvalue weighted by molar-refractivity contribution is 0.584. The molecule has 78 valence electrons. The zero-order valence-electron chi connectivity index (χ0n) is 8.31. The summed E-state index contributed by atoms with van der Waals surface area (Å²) >= 11 is 0. The van der Waals surface area contributed by atoms with E-state index in [9.17, 15) is 4.39 Å². The van der Waals surface area contributed by atoms with Crippen LogP contribution in [0.5, 0.6) is 0 Å². The van der Waals surface area contributed by atoms with Crippen molar-refractivity contribution in [1.82, 2.24) is 15.0 Å². The van der Waals surface area contributed by atoms with Crippen molar-refractivity contribution in [2.45, 2.75) is 0 Å². The number of hydrogen-bond donors (Lipinski definition) is 1. The van der Waals surface area contributed by atoms with Crippen molar-refractivity contribution in [3.63, 3.8) is 0 Å². The third-order valence-corrected chi connectivity index (χ3v) is 2.46. The van der Waals surface area contributed by atoms with Crippen molar-refractivity contribution >= 4 is 11.0 Å². The highest BCUT2D eigenvalue weighted by Crippen LogP contribution is 2.21. The molecule has 0 saturated carbocycles. The average Bonchev–Trinajstić information content (AvgIpc) is 2.77. The molecule has 1 N–H and O–H groups in total. The second-order valence-corrected chi connectivity index (χ2v) is 3.51. The Morgan fingerprint density at radius 3 is 2.69 bits per heavy atom. The van der Waals surface area contributed by atoms with E-state index in [0.717, 1.165) is 22.2 Å². The quantitative estimate of drug-likeness (QED) is 0.631. The van der Waals surface area contributed by atoms with E-state index in [1.54, 1.807) is 12.3 Å². The molecular weight excluding hydrogens is 205 g/mol. The zero-order chi connectivity index (χ0) is 11.0. The first-order valence-corrected chi connectivity index (χ1v) is 4.88. The Labute approximate surface area is 91.0 Å². The van der Waals surface area contributed by atoms with Gasteiger partial charge in [0.1, 0.15) is 5.65 Å². The summed E-state index contributed by atoms with van der Waals surface area (Å²) in [5, 5.41) is 1.03. The minimum atomic E-state index is -0.473. The lowest BCUT2D eigenvalue weighted by Crippen LogP contribution is -1.85. The molecule has 0 fully saturated rings. The maximum atomic E-state index is 12.7. The Bertz CT molecular complexity index is 628. The molecule has 0 amide bonds. The van der Waals surface area contributed by atoms with Crippen LogP contribution in [0.3, 0.4) is 0 Å². The first-order chi connectivity index (χ1) is 7.83. The Kier molecular flexibility index (Phi) is 1.93. The zero-order valence-corrected chi connectivity index (χ0v) is 8.31. The van der Waals surface area contributed by atoms with Crippen LogP contribution in [0.15, 0.2) is 42.9 Å². The van der Waals surface area contributed by atoms with E-state index in [-0.39, 0.29) is 0 Å². The molecule has 0 aliphatic carbocycles. The Morgan fingerprint density at radius 1 is 1.00 bits per heavy atom. The Hall–Kier alpha value is -2.23. The minimum Gasteiger partial charge on any atom is -0.346 e. The SMILES string of the molecule is Fc1ccc(-c2cnc3[nH]ccc3c2)cn1. The number of aromatic nitrogens is 3. The van der Waals surface area contributed by atoms with Gasteiger partial charge in [0.25, 0.3) is 0 Å². The van der Waals surface area contributed by atoms with Crippen LogP contribution in [0.2, 0.25) is 0 Å². The third kappa shape index (κ3) is 1.44. The molecular formula is C12H8FN3. The lowest BCUT2D eigenvalue weighted by Gasteiger charge is -2.00. The molecule has 3 aromatic heterocycles. The van der Waals surface area contributed by atoms with Gasteiger partial charge in [0.15, 0.2) is 0 Å². The lowest BCUT2D eigenvalue weighted by atomic mass is 10.1. The average molecular weight is 213 g/mol. The molecule has 0 atom stereocenters. The van der Waals surface area contributed by atoms with Gasteiger partial charge in [-0.1, -0.05) is 0 Å². The predicted octanol–water partition coefficient (Wildman–Crippen LogP) is 2.76. The Balaban J connectivity index is 2.14. The van der Waals surface area contributed by atoms with E-state index >= 15 is 0 Å². The van der Waals surface area contributed by atoms with Crippen LogP contribution in [-0.2, 0) is 0 Å². The fraction of sp³-hybridized carbons (Fsp3) is 0. The molecule has 0 aliphatic heterocycles. The highest BCUT2D eigenvalue weighted by molar-refractivity contribution is 5.81. The molecule has 3 heterocycles. The summed E-state index contributed by atoms with van der Waals surface area (Å²) in [4.78, 5) is 10.9. The highest BCUT2D eigenvalue weighted by Gasteiger charge is 2.02. The standard InChI is InChI=1S/C12H8FN3/c13-11-2-1-9(6-15-11)10-5-8-3-4-14-12(8)16-7-10/h1-7H,(H,14,16). The summed E-state index contributed by atoms with van der Waals surface area (Å²) in [5.74, 6) is -0.473. The number of hydrogen-bond acceptors (Lipinski definition) is 2. The van der Waals surface area contributed by atoms with Gasteiger partial charge in [0, 0.05) is 35.1 Å². The van der Waals surface area contributed by atoms with Crippen LogP contribution in [0.4, 0.5) is 4.39 Å². The van der Waals surface area contributed by atoms with Crippen molar-refractivity contribution in [3.05, 3.63) is 48.8 Å². The van der Waals surface area contributed by atoms with E-state index in [0.29, 0.717) is 0 Å². The highest BCUT2D eigenvalue weighted by atomic mass is 19.1. The van der Waals surface area contributed by atoms with E-state index in [1.165, 1.54) is 12.3 Å². The second kappa shape index (κ2) is 3.41. The van der Waals surface area contributed by atoms with Crippen LogP contribution in [0.1, 0.15) is 0 Å².